The molecular weight excluding hydrogens is 683 g/mol. The number of aromatic nitrogens is 4. The average Bonchev–Trinajstić information content (AvgIpc) is 3.77. The molecule has 1 aliphatic rings. The van der Waals surface area contributed by atoms with Crippen LogP contribution in [0.25, 0.3) is 66.4 Å². The minimum atomic E-state index is -0.217. The van der Waals surface area contributed by atoms with E-state index < -0.39 is 0 Å². The number of para-hydroxylation sites is 4. The van der Waals surface area contributed by atoms with Crippen molar-refractivity contribution in [2.45, 2.75) is 33.1 Å². The minimum absolute atomic E-state index is 0.217. The molecule has 4 heterocycles. The van der Waals surface area contributed by atoms with Gasteiger partial charge in [0.1, 0.15) is 5.52 Å². The summed E-state index contributed by atoms with van der Waals surface area (Å²) in [6, 6.07) is 59.4. The molecule has 0 bridgehead atoms. The van der Waals surface area contributed by atoms with Crippen molar-refractivity contribution in [2.24, 2.45) is 0 Å². The van der Waals surface area contributed by atoms with Gasteiger partial charge in [-0.3, -0.25) is 9.55 Å². The maximum atomic E-state index is 4.83. The summed E-state index contributed by atoms with van der Waals surface area (Å²) < 4.78 is 4.64. The third kappa shape index (κ3) is 5.01. The van der Waals surface area contributed by atoms with Crippen LogP contribution in [0.3, 0.4) is 0 Å². The van der Waals surface area contributed by atoms with Gasteiger partial charge in [0, 0.05) is 51.0 Å². The number of hydrogen-bond acceptors (Lipinski definition) is 3. The van der Waals surface area contributed by atoms with Crippen LogP contribution in [0.2, 0.25) is 0 Å². The zero-order valence-corrected chi connectivity index (χ0v) is 32.0. The topological polar surface area (TPSA) is 38.9 Å². The van der Waals surface area contributed by atoms with E-state index in [1.165, 1.54) is 44.3 Å². The van der Waals surface area contributed by atoms with Crippen molar-refractivity contribution in [3.8, 4) is 22.5 Å². The van der Waals surface area contributed by atoms with Crippen molar-refractivity contribution in [1.82, 2.24) is 19.1 Å². The van der Waals surface area contributed by atoms with Crippen molar-refractivity contribution in [2.75, 3.05) is 4.90 Å². The molecule has 5 nitrogen and oxygen atoms in total. The maximum Gasteiger partial charge on any atom is 0.164 e. The Bertz CT molecular complexity index is 3070. The Balaban J connectivity index is 0.00000189. The van der Waals surface area contributed by atoms with E-state index in [1.54, 1.807) is 12.4 Å². The molecular formula is C51H41N5. The van der Waals surface area contributed by atoms with Crippen LogP contribution in [-0.4, -0.2) is 19.1 Å². The molecule has 7 aromatic carbocycles. The molecule has 3 aromatic heterocycles. The smallest absolute Gasteiger partial charge is 0.164 e. The molecule has 0 amide bonds. The molecule has 10 aromatic rings. The first kappa shape index (κ1) is 33.6. The molecule has 0 radical (unpaired) electrons. The fraction of sp³-hybridized carbons (Fsp3) is 0.0980. The van der Waals surface area contributed by atoms with Crippen LogP contribution < -0.4 is 4.90 Å². The third-order valence-corrected chi connectivity index (χ3v) is 11.4. The summed E-state index contributed by atoms with van der Waals surface area (Å²) in [5.74, 6) is 0. The molecule has 0 aliphatic carbocycles. The molecule has 0 saturated heterocycles. The van der Waals surface area contributed by atoms with Crippen LogP contribution >= 0.6 is 0 Å². The summed E-state index contributed by atoms with van der Waals surface area (Å²) in [6.45, 7) is 8.73. The molecule has 0 unspecified atom stereocenters. The molecule has 56 heavy (non-hydrogen) atoms. The van der Waals surface area contributed by atoms with E-state index in [-0.39, 0.29) is 5.41 Å². The normalized spacial score (nSPS) is 13.1. The molecule has 0 N–H and O–H groups in total. The van der Waals surface area contributed by atoms with Gasteiger partial charge in [-0.25, -0.2) is 4.98 Å². The molecule has 11 rings (SSSR count). The highest BCUT2D eigenvalue weighted by atomic mass is 15.2. The van der Waals surface area contributed by atoms with E-state index in [4.69, 9.17) is 9.97 Å². The van der Waals surface area contributed by atoms with Gasteiger partial charge >= 0.3 is 0 Å². The van der Waals surface area contributed by atoms with Gasteiger partial charge in [-0.15, -0.1) is 0 Å². The average molecular weight is 724 g/mol. The summed E-state index contributed by atoms with van der Waals surface area (Å²) >= 11 is 0. The van der Waals surface area contributed by atoms with E-state index in [0.717, 1.165) is 50.3 Å². The SMILES string of the molecule is CC.CC1(C)c2ccccc2N(c2ccccc2)c2cc3c4cc(-c5ccc6c(c5)c5nccnc5n6-c5ccccc5)ccc4n(-c4ccccc4)c3cc21. The second kappa shape index (κ2) is 13.1. The number of rotatable bonds is 4. The lowest BCUT2D eigenvalue weighted by Gasteiger charge is -2.42. The fourth-order valence-electron chi connectivity index (χ4n) is 8.84. The van der Waals surface area contributed by atoms with Gasteiger partial charge in [-0.2, -0.15) is 0 Å². The first-order chi connectivity index (χ1) is 27.6. The summed E-state index contributed by atoms with van der Waals surface area (Å²) in [6.07, 6.45) is 3.56. The lowest BCUT2D eigenvalue weighted by Crippen LogP contribution is -2.30. The predicted octanol–water partition coefficient (Wildman–Crippen LogP) is 13.5. The first-order valence-electron chi connectivity index (χ1n) is 19.5. The highest BCUT2D eigenvalue weighted by Crippen LogP contribution is 2.53. The van der Waals surface area contributed by atoms with E-state index in [9.17, 15) is 0 Å². The van der Waals surface area contributed by atoms with Gasteiger partial charge in [-0.05, 0) is 101 Å². The van der Waals surface area contributed by atoms with Crippen LogP contribution in [0.15, 0.2) is 176 Å². The van der Waals surface area contributed by atoms with E-state index in [0.29, 0.717) is 0 Å². The molecule has 0 atom stereocenters. The number of hydrogen-bond donors (Lipinski definition) is 0. The van der Waals surface area contributed by atoms with Gasteiger partial charge in [0.15, 0.2) is 5.65 Å². The summed E-state index contributed by atoms with van der Waals surface area (Å²) in [7, 11) is 0. The van der Waals surface area contributed by atoms with Gasteiger partial charge in [0.25, 0.3) is 0 Å². The maximum absolute atomic E-state index is 4.83. The van der Waals surface area contributed by atoms with Crippen LogP contribution in [0.4, 0.5) is 17.1 Å². The Morgan fingerprint density at radius 1 is 0.429 bits per heavy atom. The fourth-order valence-corrected chi connectivity index (χ4v) is 8.84. The molecule has 0 fully saturated rings. The third-order valence-electron chi connectivity index (χ3n) is 11.4. The Hall–Kier alpha value is -6.98. The van der Waals surface area contributed by atoms with Crippen LogP contribution in [0.1, 0.15) is 38.8 Å². The molecule has 5 heteroatoms. The molecule has 270 valence electrons. The summed E-state index contributed by atoms with van der Waals surface area (Å²) in [4.78, 5) is 12.1. The highest BCUT2D eigenvalue weighted by molar-refractivity contribution is 6.13. The lowest BCUT2D eigenvalue weighted by atomic mass is 9.73. The van der Waals surface area contributed by atoms with Crippen molar-refractivity contribution in [1.29, 1.82) is 0 Å². The molecule has 0 saturated carbocycles. The van der Waals surface area contributed by atoms with Crippen LogP contribution in [0.5, 0.6) is 0 Å². The molecule has 1 aliphatic heterocycles. The van der Waals surface area contributed by atoms with Crippen molar-refractivity contribution >= 4 is 60.9 Å². The summed E-state index contributed by atoms with van der Waals surface area (Å²) in [5, 5.41) is 3.52. The number of anilines is 3. The minimum Gasteiger partial charge on any atom is -0.310 e. The van der Waals surface area contributed by atoms with Crippen LogP contribution in [-0.2, 0) is 5.41 Å². The standard InChI is InChI=1S/C49H35N5.C2H6/c1-49(2)40-20-12-13-21-44(40)53(35-16-8-4-9-17-35)46-30-38-37-28-32(22-24-42(37)52(45(38)31-41(46)49)34-14-6-3-7-15-34)33-23-25-43-39(29-33)47-48(51-27-26-50-47)54(43)36-18-10-5-11-19-36;1-2/h3-31H,1-2H3;1-2H3. The summed E-state index contributed by atoms with van der Waals surface area (Å²) in [5.41, 5.74) is 15.7. The second-order valence-corrected chi connectivity index (χ2v) is 14.7. The van der Waals surface area contributed by atoms with Gasteiger partial charge in [0.05, 0.1) is 27.9 Å². The van der Waals surface area contributed by atoms with E-state index in [1.807, 2.05) is 19.9 Å². The predicted molar refractivity (Wildman–Crippen MR) is 234 cm³/mol. The van der Waals surface area contributed by atoms with Gasteiger partial charge < -0.3 is 9.47 Å². The van der Waals surface area contributed by atoms with Crippen molar-refractivity contribution < 1.29 is 0 Å². The zero-order valence-electron chi connectivity index (χ0n) is 32.0. The van der Waals surface area contributed by atoms with E-state index in [2.05, 4.69) is 186 Å². The zero-order chi connectivity index (χ0) is 38.0. The van der Waals surface area contributed by atoms with Gasteiger partial charge in [0.2, 0.25) is 0 Å². The van der Waals surface area contributed by atoms with Crippen molar-refractivity contribution in [3.05, 3.63) is 187 Å². The molecule has 0 spiro atoms. The Kier molecular flexibility index (Phi) is 7.86. The van der Waals surface area contributed by atoms with Crippen LogP contribution in [0, 0.1) is 0 Å². The largest absolute Gasteiger partial charge is 0.310 e. The Labute approximate surface area is 326 Å². The Morgan fingerprint density at radius 3 is 1.64 bits per heavy atom. The highest BCUT2D eigenvalue weighted by Gasteiger charge is 2.37. The monoisotopic (exact) mass is 723 g/mol. The quantitative estimate of drug-likeness (QED) is 0.181. The number of fused-ring (bicyclic) bond motifs is 8. The van der Waals surface area contributed by atoms with Crippen molar-refractivity contribution in [3.63, 3.8) is 0 Å². The number of nitrogens with zero attached hydrogens (tertiary/aromatic N) is 5. The Morgan fingerprint density at radius 2 is 0.964 bits per heavy atom. The number of benzene rings is 7. The van der Waals surface area contributed by atoms with E-state index >= 15 is 0 Å². The first-order valence-corrected chi connectivity index (χ1v) is 19.5. The lowest BCUT2D eigenvalue weighted by molar-refractivity contribution is 0.632. The second-order valence-electron chi connectivity index (χ2n) is 14.7. The van der Waals surface area contributed by atoms with Gasteiger partial charge in [-0.1, -0.05) is 113 Å².